The van der Waals surface area contributed by atoms with Crippen molar-refractivity contribution in [3.8, 4) is 0 Å². The van der Waals surface area contributed by atoms with Gasteiger partial charge >= 0.3 is 0 Å². The Hall–Kier alpha value is -0.570. The summed E-state index contributed by atoms with van der Waals surface area (Å²) >= 11 is 1.87. The van der Waals surface area contributed by atoms with Crippen LogP contribution in [0.2, 0.25) is 0 Å². The standard InChI is InChI=1S/C16H28N2S/c1-5-10-17-15-18-11-14(19-15)12-6-8-13(9-7-12)16(2,3)4/h11-13H,5-10H2,1-4H3,(H,17,18). The first-order valence-corrected chi connectivity index (χ1v) is 8.52. The number of nitrogens with zero attached hydrogens (tertiary/aromatic N) is 1. The van der Waals surface area contributed by atoms with E-state index in [2.05, 4.69) is 44.2 Å². The minimum Gasteiger partial charge on any atom is -0.362 e. The second kappa shape index (κ2) is 6.25. The van der Waals surface area contributed by atoms with Crippen LogP contribution in [0.4, 0.5) is 5.13 Å². The van der Waals surface area contributed by atoms with Gasteiger partial charge in [-0.2, -0.15) is 0 Å². The van der Waals surface area contributed by atoms with E-state index in [1.807, 2.05) is 11.3 Å². The maximum Gasteiger partial charge on any atom is 0.182 e. The average Bonchev–Trinajstić information content (AvgIpc) is 2.84. The van der Waals surface area contributed by atoms with Crippen LogP contribution in [0.25, 0.3) is 0 Å². The molecule has 0 radical (unpaired) electrons. The number of aromatic nitrogens is 1. The lowest BCUT2D eigenvalue weighted by molar-refractivity contribution is 0.170. The van der Waals surface area contributed by atoms with E-state index in [1.54, 1.807) is 0 Å². The summed E-state index contributed by atoms with van der Waals surface area (Å²) in [5.74, 6) is 1.66. The maximum absolute atomic E-state index is 4.50. The molecule has 1 heterocycles. The third-order valence-electron chi connectivity index (χ3n) is 4.40. The fourth-order valence-corrected chi connectivity index (χ4v) is 4.04. The monoisotopic (exact) mass is 280 g/mol. The van der Waals surface area contributed by atoms with Crippen molar-refractivity contribution in [2.75, 3.05) is 11.9 Å². The molecule has 2 rings (SSSR count). The quantitative estimate of drug-likeness (QED) is 0.811. The molecular formula is C16H28N2S. The van der Waals surface area contributed by atoms with Gasteiger partial charge in [0.05, 0.1) is 0 Å². The highest BCUT2D eigenvalue weighted by atomic mass is 32.1. The van der Waals surface area contributed by atoms with Crippen LogP contribution in [0, 0.1) is 11.3 Å². The first-order valence-electron chi connectivity index (χ1n) is 7.70. The predicted octanol–water partition coefficient (Wildman–Crippen LogP) is 5.28. The molecule has 1 aromatic heterocycles. The van der Waals surface area contributed by atoms with Crippen LogP contribution >= 0.6 is 11.3 Å². The molecule has 1 aliphatic carbocycles. The number of hydrogen-bond acceptors (Lipinski definition) is 3. The normalized spacial score (nSPS) is 24.4. The van der Waals surface area contributed by atoms with Crippen molar-refractivity contribution in [2.45, 2.75) is 65.7 Å². The molecule has 108 valence electrons. The van der Waals surface area contributed by atoms with Gasteiger partial charge in [-0.1, -0.05) is 27.7 Å². The Kier molecular flexibility index (Phi) is 4.88. The molecule has 0 bridgehead atoms. The van der Waals surface area contributed by atoms with Crippen LogP contribution in [0.5, 0.6) is 0 Å². The van der Waals surface area contributed by atoms with E-state index in [0.29, 0.717) is 5.41 Å². The van der Waals surface area contributed by atoms with Crippen molar-refractivity contribution in [3.63, 3.8) is 0 Å². The molecule has 2 nitrogen and oxygen atoms in total. The van der Waals surface area contributed by atoms with E-state index < -0.39 is 0 Å². The predicted molar refractivity (Wildman–Crippen MR) is 85.0 cm³/mol. The van der Waals surface area contributed by atoms with Crippen molar-refractivity contribution >= 4 is 16.5 Å². The van der Waals surface area contributed by atoms with Crippen LogP contribution in [-0.2, 0) is 0 Å². The Labute approximate surface area is 122 Å². The van der Waals surface area contributed by atoms with Gasteiger partial charge in [0.15, 0.2) is 5.13 Å². The highest BCUT2D eigenvalue weighted by Crippen LogP contribution is 2.44. The van der Waals surface area contributed by atoms with Gasteiger partial charge in [-0.3, -0.25) is 0 Å². The Bertz CT molecular complexity index is 384. The summed E-state index contributed by atoms with van der Waals surface area (Å²) in [5.41, 5.74) is 0.479. The third kappa shape index (κ3) is 3.95. The number of rotatable bonds is 4. The first kappa shape index (κ1) is 14.8. The molecule has 1 N–H and O–H groups in total. The molecule has 0 atom stereocenters. The highest BCUT2D eigenvalue weighted by Gasteiger charge is 2.30. The molecule has 19 heavy (non-hydrogen) atoms. The summed E-state index contributed by atoms with van der Waals surface area (Å²) in [5, 5.41) is 4.50. The molecule has 0 saturated heterocycles. The molecule has 0 unspecified atom stereocenters. The van der Waals surface area contributed by atoms with Crippen molar-refractivity contribution in [3.05, 3.63) is 11.1 Å². The lowest BCUT2D eigenvalue weighted by atomic mass is 9.70. The van der Waals surface area contributed by atoms with Gasteiger partial charge in [0.2, 0.25) is 0 Å². The highest BCUT2D eigenvalue weighted by molar-refractivity contribution is 7.15. The summed E-state index contributed by atoms with van der Waals surface area (Å²) in [6.45, 7) is 10.4. The zero-order chi connectivity index (χ0) is 13.9. The van der Waals surface area contributed by atoms with Gasteiger partial charge in [0, 0.05) is 17.6 Å². The molecular weight excluding hydrogens is 252 g/mol. The smallest absolute Gasteiger partial charge is 0.182 e. The Balaban J connectivity index is 1.89. The topological polar surface area (TPSA) is 24.9 Å². The van der Waals surface area contributed by atoms with Crippen molar-refractivity contribution in [1.82, 2.24) is 4.98 Å². The lowest BCUT2D eigenvalue weighted by Crippen LogP contribution is -2.25. The maximum atomic E-state index is 4.50. The van der Waals surface area contributed by atoms with Crippen LogP contribution in [0.1, 0.15) is 70.6 Å². The second-order valence-electron chi connectivity index (χ2n) is 6.91. The number of anilines is 1. The van der Waals surface area contributed by atoms with Gasteiger partial charge < -0.3 is 5.32 Å². The Morgan fingerprint density at radius 1 is 1.26 bits per heavy atom. The van der Waals surface area contributed by atoms with Crippen LogP contribution in [0.15, 0.2) is 6.20 Å². The first-order chi connectivity index (χ1) is 9.00. The summed E-state index contributed by atoms with van der Waals surface area (Å²) in [7, 11) is 0. The summed E-state index contributed by atoms with van der Waals surface area (Å²) < 4.78 is 0. The van der Waals surface area contributed by atoms with Gasteiger partial charge in [-0.15, -0.1) is 11.3 Å². The fourth-order valence-electron chi connectivity index (χ4n) is 3.03. The van der Waals surface area contributed by atoms with E-state index in [1.165, 1.54) is 30.6 Å². The van der Waals surface area contributed by atoms with E-state index in [9.17, 15) is 0 Å². The minimum absolute atomic E-state index is 0.479. The molecule has 0 aliphatic heterocycles. The van der Waals surface area contributed by atoms with Crippen LogP contribution < -0.4 is 5.32 Å². The average molecular weight is 280 g/mol. The van der Waals surface area contributed by atoms with Gasteiger partial charge in [0.25, 0.3) is 0 Å². The minimum atomic E-state index is 0.479. The van der Waals surface area contributed by atoms with Crippen molar-refractivity contribution < 1.29 is 0 Å². The molecule has 0 aromatic carbocycles. The number of thiazole rings is 1. The molecule has 0 amide bonds. The van der Waals surface area contributed by atoms with Crippen molar-refractivity contribution in [2.24, 2.45) is 11.3 Å². The van der Waals surface area contributed by atoms with Crippen LogP contribution in [-0.4, -0.2) is 11.5 Å². The zero-order valence-electron chi connectivity index (χ0n) is 12.8. The van der Waals surface area contributed by atoms with E-state index in [4.69, 9.17) is 0 Å². The summed E-state index contributed by atoms with van der Waals surface area (Å²) in [6, 6.07) is 0. The van der Waals surface area contributed by atoms with E-state index >= 15 is 0 Å². The third-order valence-corrected chi connectivity index (χ3v) is 5.52. The Morgan fingerprint density at radius 2 is 1.95 bits per heavy atom. The van der Waals surface area contributed by atoms with E-state index in [-0.39, 0.29) is 0 Å². The van der Waals surface area contributed by atoms with Gasteiger partial charge in [-0.25, -0.2) is 4.98 Å². The van der Waals surface area contributed by atoms with Crippen LogP contribution in [0.3, 0.4) is 0 Å². The van der Waals surface area contributed by atoms with Gasteiger partial charge in [-0.05, 0) is 49.4 Å². The molecule has 0 spiro atoms. The zero-order valence-corrected chi connectivity index (χ0v) is 13.6. The number of hydrogen-bond donors (Lipinski definition) is 1. The molecule has 1 saturated carbocycles. The SMILES string of the molecule is CCCNc1ncc(C2CCC(C(C)(C)C)CC2)s1. The summed E-state index contributed by atoms with van der Waals surface area (Å²) in [4.78, 5) is 6.00. The molecule has 1 fully saturated rings. The molecule has 1 aliphatic rings. The number of nitrogens with one attached hydrogen (secondary N) is 1. The second-order valence-corrected chi connectivity index (χ2v) is 7.97. The van der Waals surface area contributed by atoms with Crippen molar-refractivity contribution in [1.29, 1.82) is 0 Å². The van der Waals surface area contributed by atoms with Gasteiger partial charge in [0.1, 0.15) is 0 Å². The fraction of sp³-hybridized carbons (Fsp3) is 0.812. The van der Waals surface area contributed by atoms with E-state index in [0.717, 1.165) is 29.9 Å². The molecule has 1 aromatic rings. The Morgan fingerprint density at radius 3 is 2.53 bits per heavy atom. The summed E-state index contributed by atoms with van der Waals surface area (Å²) in [6.07, 6.45) is 8.71. The largest absolute Gasteiger partial charge is 0.362 e. The lowest BCUT2D eigenvalue weighted by Gasteiger charge is -2.36. The molecule has 3 heteroatoms.